The molecule has 0 fully saturated rings. The lowest BCUT2D eigenvalue weighted by atomic mass is 10.1. The Bertz CT molecular complexity index is 467. The van der Waals surface area contributed by atoms with Gasteiger partial charge >= 0.3 is 0 Å². The summed E-state index contributed by atoms with van der Waals surface area (Å²) < 4.78 is 1.13. The van der Waals surface area contributed by atoms with Crippen molar-refractivity contribution in [3.05, 3.63) is 70.2 Å². The molecule has 0 aromatic heterocycles. The highest BCUT2D eigenvalue weighted by Gasteiger charge is 2.03. The van der Waals surface area contributed by atoms with E-state index in [-0.39, 0.29) is 0 Å². The van der Waals surface area contributed by atoms with E-state index in [1.54, 1.807) is 0 Å². The van der Waals surface area contributed by atoms with Crippen LogP contribution >= 0.6 is 15.9 Å². The van der Waals surface area contributed by atoms with E-state index in [1.807, 2.05) is 12.1 Å². The molecule has 88 valence electrons. The number of rotatable bonds is 4. The summed E-state index contributed by atoms with van der Waals surface area (Å²) in [5.74, 6) is 0. The van der Waals surface area contributed by atoms with Crippen LogP contribution in [0.4, 0.5) is 0 Å². The minimum atomic E-state index is 0.371. The fourth-order valence-electron chi connectivity index (χ4n) is 1.78. The Balaban J connectivity index is 1.95. The molecule has 1 N–H and O–H groups in total. The second-order valence-corrected chi connectivity index (χ2v) is 5.06. The van der Waals surface area contributed by atoms with Crippen LogP contribution in [0.25, 0.3) is 0 Å². The average Bonchev–Trinajstić information content (AvgIpc) is 2.37. The molecular weight excluding hydrogens is 274 g/mol. The van der Waals surface area contributed by atoms with Gasteiger partial charge in [-0.05, 0) is 30.2 Å². The molecule has 0 saturated carbocycles. The van der Waals surface area contributed by atoms with Crippen LogP contribution in [0.5, 0.6) is 0 Å². The molecule has 0 amide bonds. The average molecular weight is 290 g/mol. The Kier molecular flexibility index (Phi) is 4.35. The van der Waals surface area contributed by atoms with E-state index in [4.69, 9.17) is 0 Å². The van der Waals surface area contributed by atoms with Crippen LogP contribution in [-0.2, 0) is 6.54 Å². The van der Waals surface area contributed by atoms with Crippen LogP contribution in [0.3, 0.4) is 0 Å². The van der Waals surface area contributed by atoms with E-state index < -0.39 is 0 Å². The van der Waals surface area contributed by atoms with Gasteiger partial charge in [0.05, 0.1) is 0 Å². The molecule has 2 aromatic rings. The zero-order chi connectivity index (χ0) is 12.1. The number of hydrogen-bond acceptors (Lipinski definition) is 1. The molecule has 0 radical (unpaired) electrons. The molecule has 0 spiro atoms. The van der Waals surface area contributed by atoms with Crippen molar-refractivity contribution < 1.29 is 0 Å². The lowest BCUT2D eigenvalue weighted by molar-refractivity contribution is 0.574. The summed E-state index contributed by atoms with van der Waals surface area (Å²) in [6.07, 6.45) is 0. The summed E-state index contributed by atoms with van der Waals surface area (Å²) in [6.45, 7) is 3.07. The van der Waals surface area contributed by atoms with Crippen molar-refractivity contribution in [2.24, 2.45) is 0 Å². The fourth-order valence-corrected chi connectivity index (χ4v) is 2.22. The largest absolute Gasteiger partial charge is 0.306 e. The van der Waals surface area contributed by atoms with Crippen LogP contribution in [0, 0.1) is 0 Å². The van der Waals surface area contributed by atoms with Crippen LogP contribution in [-0.4, -0.2) is 0 Å². The highest BCUT2D eigenvalue weighted by molar-refractivity contribution is 9.10. The Morgan fingerprint density at radius 3 is 2.53 bits per heavy atom. The van der Waals surface area contributed by atoms with Crippen molar-refractivity contribution in [1.29, 1.82) is 0 Å². The van der Waals surface area contributed by atoms with Crippen molar-refractivity contribution in [2.75, 3.05) is 0 Å². The quantitative estimate of drug-likeness (QED) is 0.885. The minimum absolute atomic E-state index is 0.371. The van der Waals surface area contributed by atoms with Gasteiger partial charge in [-0.3, -0.25) is 0 Å². The molecule has 1 atom stereocenters. The Labute approximate surface area is 111 Å². The molecule has 1 nitrogen and oxygen atoms in total. The molecule has 17 heavy (non-hydrogen) atoms. The van der Waals surface area contributed by atoms with E-state index in [1.165, 1.54) is 11.1 Å². The van der Waals surface area contributed by atoms with E-state index in [2.05, 4.69) is 70.6 Å². The lowest BCUT2D eigenvalue weighted by Gasteiger charge is -2.14. The van der Waals surface area contributed by atoms with Crippen molar-refractivity contribution in [3.8, 4) is 0 Å². The molecular formula is C15H16BrN. The second kappa shape index (κ2) is 5.99. The molecule has 0 saturated heterocycles. The molecule has 0 aliphatic carbocycles. The normalized spacial score (nSPS) is 12.4. The van der Waals surface area contributed by atoms with Crippen molar-refractivity contribution >= 4 is 15.9 Å². The summed E-state index contributed by atoms with van der Waals surface area (Å²) in [4.78, 5) is 0. The summed E-state index contributed by atoms with van der Waals surface area (Å²) in [6, 6.07) is 19.3. The zero-order valence-electron chi connectivity index (χ0n) is 9.86. The van der Waals surface area contributed by atoms with E-state index in [0.717, 1.165) is 11.0 Å². The van der Waals surface area contributed by atoms with Gasteiger partial charge in [0.15, 0.2) is 0 Å². The fraction of sp³-hybridized carbons (Fsp3) is 0.200. The van der Waals surface area contributed by atoms with Gasteiger partial charge in [0.25, 0.3) is 0 Å². The van der Waals surface area contributed by atoms with E-state index in [9.17, 15) is 0 Å². The third-order valence-electron chi connectivity index (χ3n) is 2.80. The third kappa shape index (κ3) is 3.69. The Morgan fingerprint density at radius 2 is 1.82 bits per heavy atom. The standard InChI is InChI=1S/C15H16BrN/c1-12(14-7-3-2-4-8-14)17-11-13-6-5-9-15(16)10-13/h2-10,12,17H,11H2,1H3/t12-/m1/s1. The molecule has 2 aromatic carbocycles. The maximum Gasteiger partial charge on any atom is 0.0294 e. The molecule has 0 heterocycles. The number of halogens is 1. The summed E-state index contributed by atoms with van der Waals surface area (Å²) in [5.41, 5.74) is 2.62. The smallest absolute Gasteiger partial charge is 0.0294 e. The number of hydrogen-bond donors (Lipinski definition) is 1. The van der Waals surface area contributed by atoms with Crippen LogP contribution in [0.1, 0.15) is 24.1 Å². The number of nitrogens with one attached hydrogen (secondary N) is 1. The summed E-state index contributed by atoms with van der Waals surface area (Å²) in [7, 11) is 0. The van der Waals surface area contributed by atoms with Crippen LogP contribution in [0.2, 0.25) is 0 Å². The first-order valence-corrected chi connectivity index (χ1v) is 6.58. The van der Waals surface area contributed by atoms with Crippen molar-refractivity contribution in [3.63, 3.8) is 0 Å². The maximum atomic E-state index is 3.52. The monoisotopic (exact) mass is 289 g/mol. The minimum Gasteiger partial charge on any atom is -0.306 e. The van der Waals surface area contributed by atoms with Gasteiger partial charge in [-0.25, -0.2) is 0 Å². The first-order valence-electron chi connectivity index (χ1n) is 5.78. The van der Waals surface area contributed by atoms with E-state index >= 15 is 0 Å². The van der Waals surface area contributed by atoms with E-state index in [0.29, 0.717) is 6.04 Å². The molecule has 0 bridgehead atoms. The topological polar surface area (TPSA) is 12.0 Å². The first kappa shape index (κ1) is 12.3. The molecule has 0 aliphatic heterocycles. The van der Waals surface area contributed by atoms with Gasteiger partial charge in [0.1, 0.15) is 0 Å². The lowest BCUT2D eigenvalue weighted by Crippen LogP contribution is -2.17. The van der Waals surface area contributed by atoms with Gasteiger partial charge in [0, 0.05) is 17.1 Å². The second-order valence-electron chi connectivity index (χ2n) is 4.14. The van der Waals surface area contributed by atoms with Gasteiger partial charge in [-0.2, -0.15) is 0 Å². The van der Waals surface area contributed by atoms with Crippen LogP contribution in [0.15, 0.2) is 59.1 Å². The predicted molar refractivity (Wildman–Crippen MR) is 75.8 cm³/mol. The molecule has 2 rings (SSSR count). The Hall–Kier alpha value is -1.12. The van der Waals surface area contributed by atoms with Crippen LogP contribution < -0.4 is 5.32 Å². The zero-order valence-corrected chi connectivity index (χ0v) is 11.4. The van der Waals surface area contributed by atoms with Crippen molar-refractivity contribution in [1.82, 2.24) is 5.32 Å². The number of benzene rings is 2. The highest BCUT2D eigenvalue weighted by atomic mass is 79.9. The highest BCUT2D eigenvalue weighted by Crippen LogP contribution is 2.14. The maximum absolute atomic E-state index is 3.52. The predicted octanol–water partition coefficient (Wildman–Crippen LogP) is 4.30. The van der Waals surface area contributed by atoms with Gasteiger partial charge in [0.2, 0.25) is 0 Å². The molecule has 0 aliphatic rings. The van der Waals surface area contributed by atoms with Gasteiger partial charge in [-0.1, -0.05) is 58.4 Å². The SMILES string of the molecule is C[C@@H](NCc1cccc(Br)c1)c1ccccc1. The van der Waals surface area contributed by atoms with Crippen molar-refractivity contribution in [2.45, 2.75) is 19.5 Å². The molecule has 2 heteroatoms. The third-order valence-corrected chi connectivity index (χ3v) is 3.29. The summed E-state index contributed by atoms with van der Waals surface area (Å²) in [5, 5.41) is 3.52. The molecule has 0 unspecified atom stereocenters. The summed E-state index contributed by atoms with van der Waals surface area (Å²) >= 11 is 3.49. The van der Waals surface area contributed by atoms with Gasteiger partial charge in [-0.15, -0.1) is 0 Å². The first-order chi connectivity index (χ1) is 8.25. The van der Waals surface area contributed by atoms with Gasteiger partial charge < -0.3 is 5.32 Å². The Morgan fingerprint density at radius 1 is 1.06 bits per heavy atom.